The quantitative estimate of drug-likeness (QED) is 0.842. The molecule has 2 unspecified atom stereocenters. The van der Waals surface area contributed by atoms with E-state index < -0.39 is 0 Å². The monoisotopic (exact) mass is 296 g/mol. The van der Waals surface area contributed by atoms with Gasteiger partial charge in [0.05, 0.1) is 0 Å². The van der Waals surface area contributed by atoms with Gasteiger partial charge in [0.2, 0.25) is 0 Å². The van der Waals surface area contributed by atoms with E-state index in [1.54, 1.807) is 19.2 Å². The van der Waals surface area contributed by atoms with Crippen molar-refractivity contribution in [1.29, 1.82) is 0 Å². The van der Waals surface area contributed by atoms with Crippen LogP contribution < -0.4 is 10.7 Å². The summed E-state index contributed by atoms with van der Waals surface area (Å²) in [4.78, 5) is 16.4. The van der Waals surface area contributed by atoms with E-state index >= 15 is 0 Å². The topological polar surface area (TPSA) is 57.3 Å². The molecule has 5 nitrogen and oxygen atoms in total. The van der Waals surface area contributed by atoms with E-state index in [1.165, 1.54) is 6.42 Å². The van der Waals surface area contributed by atoms with Gasteiger partial charge in [0.15, 0.2) is 0 Å². The zero-order valence-corrected chi connectivity index (χ0v) is 12.9. The molecule has 0 radical (unpaired) electrons. The maximum absolute atomic E-state index is 12.4. The van der Waals surface area contributed by atoms with Crippen molar-refractivity contribution in [3.05, 3.63) is 22.8 Å². The smallest absolute Gasteiger partial charge is 0.265 e. The van der Waals surface area contributed by atoms with Crippen LogP contribution >= 0.6 is 11.6 Å². The lowest BCUT2D eigenvalue weighted by Crippen LogP contribution is -2.54. The number of hydrogen-bond acceptors (Lipinski definition) is 4. The predicted molar refractivity (Wildman–Crippen MR) is 80.9 cm³/mol. The zero-order chi connectivity index (χ0) is 14.7. The summed E-state index contributed by atoms with van der Waals surface area (Å²) in [6, 6.07) is 3.98. The highest BCUT2D eigenvalue weighted by molar-refractivity contribution is 6.29. The van der Waals surface area contributed by atoms with Crippen LogP contribution in [0.1, 0.15) is 43.5 Å². The van der Waals surface area contributed by atoms with Gasteiger partial charge in [0.1, 0.15) is 11.0 Å². The first-order valence-electron chi connectivity index (χ1n) is 6.96. The number of hydrogen-bond donors (Lipinski definition) is 2. The fourth-order valence-electron chi connectivity index (χ4n) is 2.58. The summed E-state index contributed by atoms with van der Waals surface area (Å²) in [5.74, 6) is 0.439. The number of anilines is 1. The number of piperidine rings is 1. The predicted octanol–water partition coefficient (Wildman–Crippen LogP) is 2.68. The van der Waals surface area contributed by atoms with Crippen molar-refractivity contribution >= 4 is 23.3 Å². The molecule has 1 fully saturated rings. The summed E-state index contributed by atoms with van der Waals surface area (Å²) < 4.78 is 0. The molecule has 1 saturated heterocycles. The molecular formula is C14H21ClN4O. The molecule has 0 bridgehead atoms. The lowest BCUT2D eigenvalue weighted by Gasteiger charge is -2.38. The Morgan fingerprint density at radius 1 is 1.35 bits per heavy atom. The minimum Gasteiger partial charge on any atom is -0.373 e. The first-order valence-corrected chi connectivity index (χ1v) is 7.33. The Hall–Kier alpha value is -1.33. The normalized spacial score (nSPS) is 23.4. The zero-order valence-electron chi connectivity index (χ0n) is 12.1. The molecule has 2 N–H and O–H groups in total. The fourth-order valence-corrected chi connectivity index (χ4v) is 2.79. The molecule has 1 aromatic rings. The number of hydrazine groups is 1. The number of nitrogens with zero attached hydrogens (tertiary/aromatic N) is 2. The van der Waals surface area contributed by atoms with Crippen LogP contribution in [0.25, 0.3) is 0 Å². The van der Waals surface area contributed by atoms with Gasteiger partial charge in [0, 0.05) is 24.7 Å². The molecule has 1 aliphatic heterocycles. The molecule has 110 valence electrons. The van der Waals surface area contributed by atoms with E-state index in [2.05, 4.69) is 29.6 Å². The van der Waals surface area contributed by atoms with Crippen molar-refractivity contribution in [2.45, 2.75) is 45.2 Å². The van der Waals surface area contributed by atoms with Crippen molar-refractivity contribution in [3.63, 3.8) is 0 Å². The second kappa shape index (κ2) is 6.41. The maximum atomic E-state index is 12.4. The molecular weight excluding hydrogens is 276 g/mol. The maximum Gasteiger partial charge on any atom is 0.265 e. The van der Waals surface area contributed by atoms with E-state index in [1.807, 2.05) is 5.01 Å². The standard InChI is InChI=1S/C14H21ClN4O/c1-9-5-4-6-10(2)19(9)18-14(20)11-7-12(15)17-13(8-11)16-3/h7-10H,4-6H2,1-3H3,(H,16,17)(H,18,20). The number of nitrogens with one attached hydrogen (secondary N) is 2. The third-order valence-corrected chi connectivity index (χ3v) is 3.93. The Bertz CT molecular complexity index is 484. The highest BCUT2D eigenvalue weighted by atomic mass is 35.5. The molecule has 0 aliphatic carbocycles. The van der Waals surface area contributed by atoms with Crippen LogP contribution in [-0.2, 0) is 0 Å². The molecule has 20 heavy (non-hydrogen) atoms. The third kappa shape index (κ3) is 3.41. The molecule has 6 heteroatoms. The number of halogens is 1. The Morgan fingerprint density at radius 3 is 2.60 bits per heavy atom. The van der Waals surface area contributed by atoms with Crippen LogP contribution in [0.2, 0.25) is 5.15 Å². The van der Waals surface area contributed by atoms with Gasteiger partial charge in [-0.15, -0.1) is 0 Å². The van der Waals surface area contributed by atoms with Gasteiger partial charge >= 0.3 is 0 Å². The van der Waals surface area contributed by atoms with Crippen LogP contribution in [0.15, 0.2) is 12.1 Å². The Balaban J connectivity index is 2.13. The van der Waals surface area contributed by atoms with Gasteiger partial charge in [-0.3, -0.25) is 10.2 Å². The van der Waals surface area contributed by atoms with Crippen molar-refractivity contribution in [2.24, 2.45) is 0 Å². The third-order valence-electron chi connectivity index (χ3n) is 3.74. The molecule has 0 spiro atoms. The molecule has 2 heterocycles. The molecule has 0 saturated carbocycles. The number of amides is 1. The average molecular weight is 297 g/mol. The first kappa shape index (κ1) is 15.1. The number of aromatic nitrogens is 1. The molecule has 2 atom stereocenters. The van der Waals surface area contributed by atoms with E-state index in [-0.39, 0.29) is 5.91 Å². The van der Waals surface area contributed by atoms with Gasteiger partial charge in [-0.2, -0.15) is 0 Å². The van der Waals surface area contributed by atoms with Crippen molar-refractivity contribution in [2.75, 3.05) is 12.4 Å². The molecule has 1 amide bonds. The van der Waals surface area contributed by atoms with Gasteiger partial charge in [-0.25, -0.2) is 9.99 Å². The Morgan fingerprint density at radius 2 is 2.00 bits per heavy atom. The van der Waals surface area contributed by atoms with Crippen LogP contribution in [0.3, 0.4) is 0 Å². The average Bonchev–Trinajstić information content (AvgIpc) is 2.42. The Kier molecular flexibility index (Phi) is 4.83. The Labute approximate surface area is 124 Å². The van der Waals surface area contributed by atoms with Gasteiger partial charge in [-0.05, 0) is 38.8 Å². The lowest BCUT2D eigenvalue weighted by molar-refractivity contribution is 0.0370. The van der Waals surface area contributed by atoms with E-state index in [9.17, 15) is 4.79 Å². The van der Waals surface area contributed by atoms with Crippen LogP contribution in [0.4, 0.5) is 5.82 Å². The van der Waals surface area contributed by atoms with E-state index in [4.69, 9.17) is 11.6 Å². The highest BCUT2D eigenvalue weighted by Crippen LogP contribution is 2.21. The molecule has 1 aliphatic rings. The summed E-state index contributed by atoms with van der Waals surface area (Å²) in [6.07, 6.45) is 3.41. The highest BCUT2D eigenvalue weighted by Gasteiger charge is 2.26. The minimum absolute atomic E-state index is 0.147. The van der Waals surface area contributed by atoms with Gasteiger partial charge in [-0.1, -0.05) is 18.0 Å². The van der Waals surface area contributed by atoms with Crippen molar-refractivity contribution < 1.29 is 4.79 Å². The summed E-state index contributed by atoms with van der Waals surface area (Å²) >= 11 is 5.93. The summed E-state index contributed by atoms with van der Waals surface area (Å²) in [5, 5.41) is 5.24. The van der Waals surface area contributed by atoms with E-state index in [0.29, 0.717) is 28.6 Å². The lowest BCUT2D eigenvalue weighted by atomic mass is 10.00. The van der Waals surface area contributed by atoms with Gasteiger partial charge < -0.3 is 5.32 Å². The number of carbonyl (C=O) groups is 1. The van der Waals surface area contributed by atoms with E-state index in [0.717, 1.165) is 12.8 Å². The molecule has 1 aromatic heterocycles. The summed E-state index contributed by atoms with van der Waals surface area (Å²) in [6.45, 7) is 4.27. The second-order valence-corrected chi connectivity index (χ2v) is 5.68. The number of rotatable bonds is 3. The van der Waals surface area contributed by atoms with Gasteiger partial charge in [0.25, 0.3) is 5.91 Å². The molecule has 2 rings (SSSR count). The summed E-state index contributed by atoms with van der Waals surface area (Å²) in [5.41, 5.74) is 3.51. The van der Waals surface area contributed by atoms with Crippen molar-refractivity contribution in [1.82, 2.24) is 15.4 Å². The van der Waals surface area contributed by atoms with Crippen LogP contribution in [-0.4, -0.2) is 35.0 Å². The first-order chi connectivity index (χ1) is 9.51. The molecule has 0 aromatic carbocycles. The van der Waals surface area contributed by atoms with Crippen molar-refractivity contribution in [3.8, 4) is 0 Å². The largest absolute Gasteiger partial charge is 0.373 e. The minimum atomic E-state index is -0.147. The SMILES string of the molecule is CNc1cc(C(=O)NN2C(C)CCCC2C)cc(Cl)n1. The summed E-state index contributed by atoms with van der Waals surface area (Å²) in [7, 11) is 1.75. The second-order valence-electron chi connectivity index (χ2n) is 5.29. The number of carbonyl (C=O) groups excluding carboxylic acids is 1. The van der Waals surface area contributed by atoms with Crippen LogP contribution in [0.5, 0.6) is 0 Å². The number of pyridine rings is 1. The fraction of sp³-hybridized carbons (Fsp3) is 0.571. The van der Waals surface area contributed by atoms with Crippen LogP contribution in [0, 0.1) is 0 Å².